The Morgan fingerprint density at radius 2 is 2.19 bits per heavy atom. The molecule has 3 aliphatic rings. The number of piperazine rings is 3. The second-order valence-corrected chi connectivity index (χ2v) is 5.53. The summed E-state index contributed by atoms with van der Waals surface area (Å²) in [5, 5.41) is 1.11. The molecule has 0 amide bonds. The van der Waals surface area contributed by atoms with E-state index in [-0.39, 0.29) is 5.78 Å². The van der Waals surface area contributed by atoms with E-state index < -0.39 is 0 Å². The van der Waals surface area contributed by atoms with Crippen molar-refractivity contribution in [2.24, 2.45) is 0 Å². The Labute approximate surface area is 98.9 Å². The molecule has 3 saturated heterocycles. The average Bonchev–Trinajstić information content (AvgIpc) is 2.80. The van der Waals surface area contributed by atoms with Gasteiger partial charge in [0.15, 0.2) is 5.78 Å². The van der Waals surface area contributed by atoms with Crippen LogP contribution in [-0.2, 0) is 0 Å². The van der Waals surface area contributed by atoms with Crippen LogP contribution in [0.1, 0.15) is 27.6 Å². The van der Waals surface area contributed by atoms with Crippen molar-refractivity contribution in [2.45, 2.75) is 13.0 Å². The van der Waals surface area contributed by atoms with Gasteiger partial charge in [0, 0.05) is 45.8 Å². The van der Waals surface area contributed by atoms with Crippen molar-refractivity contribution >= 4 is 17.1 Å². The Morgan fingerprint density at radius 3 is 2.69 bits per heavy atom. The van der Waals surface area contributed by atoms with E-state index in [2.05, 4.69) is 14.8 Å². The summed E-state index contributed by atoms with van der Waals surface area (Å²) < 4.78 is 0. The highest BCUT2D eigenvalue weighted by atomic mass is 32.1. The van der Waals surface area contributed by atoms with Crippen molar-refractivity contribution < 1.29 is 4.79 Å². The summed E-state index contributed by atoms with van der Waals surface area (Å²) in [6.07, 6.45) is 1.72. The largest absolute Gasteiger partial charge is 0.299 e. The molecule has 4 nitrogen and oxygen atoms in total. The minimum absolute atomic E-state index is 0.125. The molecule has 0 aliphatic carbocycles. The van der Waals surface area contributed by atoms with Crippen LogP contribution in [0.4, 0.5) is 0 Å². The number of Topliss-reactive ketones (excluding diaryl/α,β-unsaturated/α-hetero) is 1. The maximum Gasteiger partial charge on any atom is 0.171 e. The number of carbonyl (C=O) groups excluding carboxylic acids is 1. The number of carbonyl (C=O) groups is 1. The van der Waals surface area contributed by atoms with Crippen LogP contribution >= 0.6 is 11.3 Å². The molecular formula is C11H15N3OS. The van der Waals surface area contributed by atoms with Crippen molar-refractivity contribution in [1.29, 1.82) is 0 Å². The second kappa shape index (κ2) is 3.91. The van der Waals surface area contributed by atoms with E-state index in [1.165, 1.54) is 13.1 Å². The fraction of sp³-hybridized carbons (Fsp3) is 0.636. The molecule has 1 atom stereocenters. The molecule has 4 heterocycles. The molecule has 1 unspecified atom stereocenters. The van der Waals surface area contributed by atoms with Crippen molar-refractivity contribution in [3.8, 4) is 0 Å². The number of thiazole rings is 1. The Morgan fingerprint density at radius 1 is 1.44 bits per heavy atom. The van der Waals surface area contributed by atoms with Gasteiger partial charge in [-0.15, -0.1) is 11.3 Å². The molecule has 86 valence electrons. The number of hydrogen-bond acceptors (Lipinski definition) is 5. The Kier molecular flexibility index (Phi) is 2.53. The molecule has 0 radical (unpaired) electrons. The summed E-state index contributed by atoms with van der Waals surface area (Å²) in [5.41, 5.74) is 0. The van der Waals surface area contributed by atoms with Gasteiger partial charge in [-0.1, -0.05) is 0 Å². The first-order valence-electron chi connectivity index (χ1n) is 5.67. The SMILES string of the molecule is CC(=O)c1cnc(C2CN3CCN2CC3)s1. The molecule has 2 bridgehead atoms. The molecule has 3 aliphatic heterocycles. The standard InChI is InChI=1S/C11H15N3OS/c1-8(15)10-6-12-11(16-10)9-7-13-2-4-14(9)5-3-13/h6,9H,2-5,7H2,1H3. The highest BCUT2D eigenvalue weighted by molar-refractivity contribution is 7.13. The molecular weight excluding hydrogens is 222 g/mol. The van der Waals surface area contributed by atoms with Crippen LogP contribution in [0.5, 0.6) is 0 Å². The number of aromatic nitrogens is 1. The fourth-order valence-corrected chi connectivity index (χ4v) is 3.40. The maximum atomic E-state index is 11.2. The lowest BCUT2D eigenvalue weighted by molar-refractivity contribution is 0.0123. The lowest BCUT2D eigenvalue weighted by Gasteiger charge is -2.46. The van der Waals surface area contributed by atoms with Gasteiger partial charge in [0.05, 0.1) is 10.9 Å². The molecule has 5 heteroatoms. The third kappa shape index (κ3) is 1.69. The molecule has 16 heavy (non-hydrogen) atoms. The Bertz CT molecular complexity index is 409. The molecule has 1 aromatic rings. The highest BCUT2D eigenvalue weighted by Gasteiger charge is 2.34. The van der Waals surface area contributed by atoms with Gasteiger partial charge in [0.2, 0.25) is 0 Å². The molecule has 0 aromatic carbocycles. The minimum atomic E-state index is 0.125. The predicted octanol–water partition coefficient (Wildman–Crippen LogP) is 1.02. The normalized spacial score (nSPS) is 32.9. The molecule has 0 spiro atoms. The van der Waals surface area contributed by atoms with Crippen LogP contribution < -0.4 is 0 Å². The number of hydrogen-bond donors (Lipinski definition) is 0. The summed E-state index contributed by atoms with van der Waals surface area (Å²) >= 11 is 1.56. The number of rotatable bonds is 2. The van der Waals surface area contributed by atoms with Gasteiger partial charge in [-0.3, -0.25) is 14.6 Å². The van der Waals surface area contributed by atoms with E-state index in [0.717, 1.165) is 29.5 Å². The van der Waals surface area contributed by atoms with Crippen LogP contribution in [0, 0.1) is 0 Å². The van der Waals surface area contributed by atoms with Gasteiger partial charge in [0.25, 0.3) is 0 Å². The molecule has 0 saturated carbocycles. The quantitative estimate of drug-likeness (QED) is 0.720. The van der Waals surface area contributed by atoms with Gasteiger partial charge in [-0.2, -0.15) is 0 Å². The van der Waals surface area contributed by atoms with E-state index in [1.54, 1.807) is 24.5 Å². The van der Waals surface area contributed by atoms with Crippen LogP contribution in [0.25, 0.3) is 0 Å². The number of ketones is 1. The van der Waals surface area contributed by atoms with E-state index in [0.29, 0.717) is 6.04 Å². The monoisotopic (exact) mass is 237 g/mol. The van der Waals surface area contributed by atoms with E-state index in [9.17, 15) is 4.79 Å². The molecule has 1 aromatic heterocycles. The highest BCUT2D eigenvalue weighted by Crippen LogP contribution is 2.31. The van der Waals surface area contributed by atoms with Crippen molar-refractivity contribution in [3.63, 3.8) is 0 Å². The number of fused-ring (bicyclic) bond motifs is 3. The Hall–Kier alpha value is -0.780. The predicted molar refractivity (Wildman–Crippen MR) is 62.9 cm³/mol. The van der Waals surface area contributed by atoms with E-state index in [4.69, 9.17) is 0 Å². The summed E-state index contributed by atoms with van der Waals surface area (Å²) in [6, 6.07) is 0.417. The first-order chi connectivity index (χ1) is 7.74. The van der Waals surface area contributed by atoms with E-state index >= 15 is 0 Å². The van der Waals surface area contributed by atoms with Crippen molar-refractivity contribution in [3.05, 3.63) is 16.1 Å². The Balaban J connectivity index is 1.83. The first kappa shape index (κ1) is 10.4. The van der Waals surface area contributed by atoms with Gasteiger partial charge < -0.3 is 0 Å². The lowest BCUT2D eigenvalue weighted by atomic mass is 10.1. The smallest absolute Gasteiger partial charge is 0.171 e. The zero-order chi connectivity index (χ0) is 11.1. The van der Waals surface area contributed by atoms with Gasteiger partial charge >= 0.3 is 0 Å². The third-order valence-corrected chi connectivity index (χ3v) is 4.63. The second-order valence-electron chi connectivity index (χ2n) is 4.47. The van der Waals surface area contributed by atoms with E-state index in [1.807, 2.05) is 0 Å². The molecule has 4 rings (SSSR count). The van der Waals surface area contributed by atoms with Crippen LogP contribution in [0.15, 0.2) is 6.20 Å². The minimum Gasteiger partial charge on any atom is -0.299 e. The van der Waals surface area contributed by atoms with Gasteiger partial charge in [0.1, 0.15) is 5.01 Å². The third-order valence-electron chi connectivity index (χ3n) is 3.43. The van der Waals surface area contributed by atoms with Crippen LogP contribution in [0.2, 0.25) is 0 Å². The van der Waals surface area contributed by atoms with Crippen molar-refractivity contribution in [2.75, 3.05) is 32.7 Å². The zero-order valence-corrected chi connectivity index (χ0v) is 10.2. The number of nitrogens with zero attached hydrogens (tertiary/aromatic N) is 3. The van der Waals surface area contributed by atoms with Gasteiger partial charge in [-0.25, -0.2) is 4.98 Å². The summed E-state index contributed by atoms with van der Waals surface area (Å²) in [4.78, 5) is 21.4. The zero-order valence-electron chi connectivity index (χ0n) is 9.35. The topological polar surface area (TPSA) is 36.4 Å². The summed E-state index contributed by atoms with van der Waals surface area (Å²) in [6.45, 7) is 7.32. The van der Waals surface area contributed by atoms with Crippen molar-refractivity contribution in [1.82, 2.24) is 14.8 Å². The van der Waals surface area contributed by atoms with Gasteiger partial charge in [-0.05, 0) is 0 Å². The first-order valence-corrected chi connectivity index (χ1v) is 6.49. The fourth-order valence-electron chi connectivity index (χ4n) is 2.46. The molecule has 3 fully saturated rings. The average molecular weight is 237 g/mol. The lowest BCUT2D eigenvalue weighted by Crippen LogP contribution is -2.56. The summed E-state index contributed by atoms with van der Waals surface area (Å²) in [5.74, 6) is 0.125. The maximum absolute atomic E-state index is 11.2. The summed E-state index contributed by atoms with van der Waals surface area (Å²) in [7, 11) is 0. The van der Waals surface area contributed by atoms with Crippen LogP contribution in [-0.4, -0.2) is 53.3 Å². The molecule has 0 N–H and O–H groups in total. The van der Waals surface area contributed by atoms with Crippen LogP contribution in [0.3, 0.4) is 0 Å².